The number of quaternary nitrogens is 1. The van der Waals surface area contributed by atoms with Crippen LogP contribution in [0.15, 0.2) is 24.3 Å². The number of likely N-dealkylation sites (N-methyl/N-ethyl adjacent to an activating group) is 1. The molecule has 65 heavy (non-hydrogen) atoms. The largest absolute Gasteiger partial charge is 0.461 e. The number of carbonyl (C=O) groups is 3. The Labute approximate surface area is 401 Å². The lowest BCUT2D eigenvalue weighted by Gasteiger charge is -2.33. The van der Waals surface area contributed by atoms with E-state index < -0.39 is 6.10 Å². The first-order valence-electron chi connectivity index (χ1n) is 27.3. The first kappa shape index (κ1) is 62.7. The van der Waals surface area contributed by atoms with Crippen LogP contribution < -0.4 is 27.4 Å². The third kappa shape index (κ3) is 45.3. The normalized spacial score (nSPS) is 12.9. The maximum absolute atomic E-state index is 13.3. The van der Waals surface area contributed by atoms with Crippen molar-refractivity contribution in [2.45, 2.75) is 231 Å². The fourth-order valence-corrected chi connectivity index (χ4v) is 8.04. The molecule has 2 unspecified atom stereocenters. The molecule has 11 nitrogen and oxygen atoms in total. The van der Waals surface area contributed by atoms with Crippen LogP contribution in [0, 0.1) is 0 Å². The summed E-state index contributed by atoms with van der Waals surface area (Å²) in [5, 5.41) is 9.92. The third-order valence-electron chi connectivity index (χ3n) is 12.2. The zero-order chi connectivity index (χ0) is 47.7. The molecule has 11 heteroatoms. The highest BCUT2D eigenvalue weighted by Gasteiger charge is 2.27. The van der Waals surface area contributed by atoms with Gasteiger partial charge in [-0.15, -0.1) is 0 Å². The van der Waals surface area contributed by atoms with E-state index in [2.05, 4.69) is 68.2 Å². The topological polar surface area (TPSA) is 158 Å². The van der Waals surface area contributed by atoms with Crippen LogP contribution in [-0.4, -0.2) is 108 Å². The number of unbranched alkanes of at least 4 members (excludes halogenated alkanes) is 22. The molecule has 0 aromatic carbocycles. The SMILES string of the molecule is CCCCCCCC/C=C/CCCCCCCC(=O)OCC(C[N+](C)(C)CCNC(=O)C(CCCNCCCN)NCCCN)OC(=O)CCCCCCC/C=C/CCCCCCCC. The zero-order valence-electron chi connectivity index (χ0n) is 43.1. The van der Waals surface area contributed by atoms with Gasteiger partial charge in [-0.1, -0.05) is 141 Å². The van der Waals surface area contributed by atoms with Crippen molar-refractivity contribution in [3.05, 3.63) is 24.3 Å². The molecule has 7 N–H and O–H groups in total. The Morgan fingerprint density at radius 1 is 0.538 bits per heavy atom. The zero-order valence-corrected chi connectivity index (χ0v) is 43.1. The number of hydrogen-bond acceptors (Lipinski definition) is 9. The monoisotopic (exact) mass is 920 g/mol. The van der Waals surface area contributed by atoms with Gasteiger partial charge in [-0.3, -0.25) is 14.4 Å². The Morgan fingerprint density at radius 3 is 1.49 bits per heavy atom. The Bertz CT molecular complexity index is 1130. The highest BCUT2D eigenvalue weighted by molar-refractivity contribution is 5.81. The second kappa shape index (κ2) is 48.2. The summed E-state index contributed by atoms with van der Waals surface area (Å²) >= 11 is 0. The molecule has 0 spiro atoms. The van der Waals surface area contributed by atoms with Crippen LogP contribution in [0.5, 0.6) is 0 Å². The van der Waals surface area contributed by atoms with Gasteiger partial charge in [0.15, 0.2) is 6.10 Å². The standard InChI is InChI=1S/C54H106N6O5/c1-5-7-9-11-13-15-17-19-21-23-25-27-29-31-33-39-52(61)64-49-50(65-53(62)40-34-32-30-28-26-24-22-20-18-16-14-12-10-8-6-2)48-60(3,4)47-46-59-54(63)51(58-45-37-42-56)38-35-43-57-44-36-41-55/h19-22,50-51,57-58H,5-18,23-49,55-56H2,1-4H3/p+1/b21-19+,22-20+. The molecule has 0 aromatic rings. The molecule has 0 aliphatic heterocycles. The van der Waals surface area contributed by atoms with Crippen molar-refractivity contribution in [2.75, 3.05) is 73.1 Å². The number of nitrogens with two attached hydrogens (primary N) is 2. The van der Waals surface area contributed by atoms with Crippen molar-refractivity contribution in [1.82, 2.24) is 16.0 Å². The molecule has 2 atom stereocenters. The van der Waals surface area contributed by atoms with Crippen LogP contribution in [-0.2, 0) is 23.9 Å². The maximum Gasteiger partial charge on any atom is 0.306 e. The van der Waals surface area contributed by atoms with Crippen LogP contribution >= 0.6 is 0 Å². The lowest BCUT2D eigenvalue weighted by molar-refractivity contribution is -0.892. The second-order valence-electron chi connectivity index (χ2n) is 19.3. The van der Waals surface area contributed by atoms with Gasteiger partial charge in [0, 0.05) is 12.8 Å². The molecule has 1 amide bonds. The molecule has 0 radical (unpaired) electrons. The molecule has 0 aliphatic rings. The number of esters is 2. The number of allylic oxidation sites excluding steroid dienone is 4. The fraction of sp³-hybridized carbons (Fsp3) is 0.870. The highest BCUT2D eigenvalue weighted by Crippen LogP contribution is 2.14. The van der Waals surface area contributed by atoms with Crippen molar-refractivity contribution in [1.29, 1.82) is 0 Å². The molecule has 0 saturated heterocycles. The molecular formula is C54H107N6O5+. The van der Waals surface area contributed by atoms with E-state index in [-0.39, 0.29) is 30.5 Å². The van der Waals surface area contributed by atoms with E-state index in [9.17, 15) is 14.4 Å². The lowest BCUT2D eigenvalue weighted by atomic mass is 10.1. The van der Waals surface area contributed by atoms with Crippen molar-refractivity contribution < 1.29 is 28.3 Å². The Balaban J connectivity index is 4.89. The summed E-state index contributed by atoms with van der Waals surface area (Å²) in [7, 11) is 4.13. The highest BCUT2D eigenvalue weighted by atomic mass is 16.6. The molecule has 0 aromatic heterocycles. The van der Waals surface area contributed by atoms with Crippen molar-refractivity contribution in [3.8, 4) is 0 Å². The quantitative estimate of drug-likeness (QED) is 0.0173. The Hall–Kier alpha value is -2.31. The van der Waals surface area contributed by atoms with Crippen molar-refractivity contribution >= 4 is 17.8 Å². The molecule has 0 bridgehead atoms. The predicted octanol–water partition coefficient (Wildman–Crippen LogP) is 10.7. The number of rotatable bonds is 50. The number of nitrogens with zero attached hydrogens (tertiary/aromatic N) is 1. The maximum atomic E-state index is 13.3. The summed E-state index contributed by atoms with van der Waals surface area (Å²) in [4.78, 5) is 39.3. The van der Waals surface area contributed by atoms with Crippen LogP contribution in [0.4, 0.5) is 0 Å². The predicted molar refractivity (Wildman–Crippen MR) is 276 cm³/mol. The van der Waals surface area contributed by atoms with E-state index >= 15 is 0 Å². The summed E-state index contributed by atoms with van der Waals surface area (Å²) in [6.45, 7) is 9.80. The van der Waals surface area contributed by atoms with Gasteiger partial charge in [0.2, 0.25) is 5.91 Å². The number of hydrogen-bond donors (Lipinski definition) is 5. The first-order valence-corrected chi connectivity index (χ1v) is 27.3. The number of nitrogens with one attached hydrogen (secondary N) is 3. The minimum atomic E-state index is -0.563. The molecule has 382 valence electrons. The molecular weight excluding hydrogens is 813 g/mol. The van der Waals surface area contributed by atoms with Gasteiger partial charge < -0.3 is 41.4 Å². The summed E-state index contributed by atoms with van der Waals surface area (Å²) < 4.78 is 12.3. The van der Waals surface area contributed by atoms with Gasteiger partial charge in [0.05, 0.1) is 33.2 Å². The number of carbonyl (C=O) groups excluding carboxylic acids is 3. The average molecular weight is 920 g/mol. The van der Waals surface area contributed by atoms with E-state index in [1.54, 1.807) is 0 Å². The van der Waals surface area contributed by atoms with E-state index in [1.165, 1.54) is 116 Å². The van der Waals surface area contributed by atoms with Gasteiger partial charge in [-0.2, -0.15) is 0 Å². The van der Waals surface area contributed by atoms with E-state index in [0.717, 1.165) is 90.1 Å². The smallest absolute Gasteiger partial charge is 0.306 e. The van der Waals surface area contributed by atoms with Gasteiger partial charge in [0.1, 0.15) is 13.2 Å². The minimum absolute atomic E-state index is 0.0171. The molecule has 0 saturated carbocycles. The summed E-state index contributed by atoms with van der Waals surface area (Å²) in [6, 6.07) is -0.292. The molecule has 0 rings (SSSR count). The lowest BCUT2D eigenvalue weighted by Crippen LogP contribution is -2.53. The number of ether oxygens (including phenoxy) is 2. The van der Waals surface area contributed by atoms with E-state index in [4.69, 9.17) is 20.9 Å². The second-order valence-corrected chi connectivity index (χ2v) is 19.3. The minimum Gasteiger partial charge on any atom is -0.461 e. The Kier molecular flexibility index (Phi) is 46.4. The fourth-order valence-electron chi connectivity index (χ4n) is 8.04. The van der Waals surface area contributed by atoms with Crippen LogP contribution in [0.3, 0.4) is 0 Å². The van der Waals surface area contributed by atoms with Gasteiger partial charge in [-0.05, 0) is 123 Å². The van der Waals surface area contributed by atoms with Crippen molar-refractivity contribution in [3.63, 3.8) is 0 Å². The summed E-state index contributed by atoms with van der Waals surface area (Å²) in [5.74, 6) is -0.490. The van der Waals surface area contributed by atoms with Gasteiger partial charge >= 0.3 is 11.9 Å². The first-order chi connectivity index (χ1) is 31.7. The summed E-state index contributed by atoms with van der Waals surface area (Å²) in [5.41, 5.74) is 11.3. The van der Waals surface area contributed by atoms with Crippen LogP contribution in [0.2, 0.25) is 0 Å². The average Bonchev–Trinajstić information content (AvgIpc) is 3.28. The van der Waals surface area contributed by atoms with E-state index in [1.807, 2.05) is 0 Å². The molecule has 0 heterocycles. The summed E-state index contributed by atoms with van der Waals surface area (Å²) in [6.07, 6.45) is 44.3. The van der Waals surface area contributed by atoms with Crippen LogP contribution in [0.1, 0.15) is 219 Å². The van der Waals surface area contributed by atoms with Crippen LogP contribution in [0.25, 0.3) is 0 Å². The molecule has 0 fully saturated rings. The third-order valence-corrected chi connectivity index (χ3v) is 12.2. The Morgan fingerprint density at radius 2 is 0.985 bits per heavy atom. The van der Waals surface area contributed by atoms with Crippen molar-refractivity contribution in [2.24, 2.45) is 11.5 Å². The molecule has 0 aliphatic carbocycles. The van der Waals surface area contributed by atoms with Gasteiger partial charge in [-0.25, -0.2) is 0 Å². The van der Waals surface area contributed by atoms with E-state index in [0.29, 0.717) is 56.6 Å². The number of amides is 1. The van der Waals surface area contributed by atoms with Gasteiger partial charge in [0.25, 0.3) is 0 Å².